The summed E-state index contributed by atoms with van der Waals surface area (Å²) in [6.07, 6.45) is 7.01. The van der Waals surface area contributed by atoms with Crippen molar-refractivity contribution in [3.05, 3.63) is 11.1 Å². The summed E-state index contributed by atoms with van der Waals surface area (Å²) >= 11 is 0. The molecule has 16 heavy (non-hydrogen) atoms. The molecule has 1 unspecified atom stereocenters. The van der Waals surface area contributed by atoms with Crippen molar-refractivity contribution in [1.29, 1.82) is 0 Å². The standard InChI is InChI=1S/C13H23N.C2H6/c1-11-5-7-13(9-12(11)2)6-4-8-14(3)10-13;1-2/h4-10H2,1-3H3;1-2H3. The molecule has 0 aromatic rings. The molecule has 1 nitrogen and oxygen atoms in total. The molecule has 1 saturated heterocycles. The van der Waals surface area contributed by atoms with Gasteiger partial charge in [0, 0.05) is 6.54 Å². The van der Waals surface area contributed by atoms with Gasteiger partial charge in [0.05, 0.1) is 0 Å². The van der Waals surface area contributed by atoms with Crippen LogP contribution in [0.2, 0.25) is 0 Å². The van der Waals surface area contributed by atoms with E-state index in [4.69, 9.17) is 0 Å². The van der Waals surface area contributed by atoms with Gasteiger partial charge in [-0.3, -0.25) is 0 Å². The summed E-state index contributed by atoms with van der Waals surface area (Å²) < 4.78 is 0. The number of nitrogens with zero attached hydrogens (tertiary/aromatic N) is 1. The van der Waals surface area contributed by atoms with E-state index in [0.717, 1.165) is 0 Å². The minimum Gasteiger partial charge on any atom is -0.306 e. The zero-order valence-electron chi connectivity index (χ0n) is 11.9. The van der Waals surface area contributed by atoms with Crippen LogP contribution in [0.5, 0.6) is 0 Å². The van der Waals surface area contributed by atoms with Crippen LogP contribution in [-0.2, 0) is 0 Å². The molecule has 94 valence electrons. The van der Waals surface area contributed by atoms with Gasteiger partial charge in [-0.2, -0.15) is 0 Å². The molecule has 2 aliphatic rings. The molecule has 0 saturated carbocycles. The molecule has 1 aliphatic carbocycles. The Morgan fingerprint density at radius 1 is 1.06 bits per heavy atom. The molecule has 0 bridgehead atoms. The summed E-state index contributed by atoms with van der Waals surface area (Å²) in [6, 6.07) is 0. The van der Waals surface area contributed by atoms with Crippen LogP contribution >= 0.6 is 0 Å². The first-order valence-corrected chi connectivity index (χ1v) is 6.95. The van der Waals surface area contributed by atoms with E-state index in [0.29, 0.717) is 5.41 Å². The number of likely N-dealkylation sites (tertiary alicyclic amines) is 1. The number of allylic oxidation sites excluding steroid dienone is 2. The smallest absolute Gasteiger partial charge is 0.00381 e. The Morgan fingerprint density at radius 3 is 2.31 bits per heavy atom. The largest absolute Gasteiger partial charge is 0.306 e. The zero-order chi connectivity index (χ0) is 12.2. The van der Waals surface area contributed by atoms with Crippen molar-refractivity contribution in [2.24, 2.45) is 5.41 Å². The van der Waals surface area contributed by atoms with Gasteiger partial charge >= 0.3 is 0 Å². The van der Waals surface area contributed by atoms with Gasteiger partial charge in [-0.1, -0.05) is 25.0 Å². The molecule has 0 N–H and O–H groups in total. The molecule has 1 spiro atoms. The fourth-order valence-corrected chi connectivity index (χ4v) is 3.27. The summed E-state index contributed by atoms with van der Waals surface area (Å²) in [5.74, 6) is 0. The van der Waals surface area contributed by atoms with E-state index in [1.165, 1.54) is 45.2 Å². The van der Waals surface area contributed by atoms with Gasteiger partial charge < -0.3 is 4.90 Å². The summed E-state index contributed by atoms with van der Waals surface area (Å²) in [6.45, 7) is 11.3. The Balaban J connectivity index is 0.000000606. The second-order valence-corrected chi connectivity index (χ2v) is 5.58. The average Bonchev–Trinajstić information content (AvgIpc) is 2.27. The second kappa shape index (κ2) is 5.86. The van der Waals surface area contributed by atoms with Crippen molar-refractivity contribution in [1.82, 2.24) is 4.90 Å². The molecular formula is C15H29N. The van der Waals surface area contributed by atoms with Crippen molar-refractivity contribution in [3.63, 3.8) is 0 Å². The first-order chi connectivity index (χ1) is 7.61. The maximum absolute atomic E-state index is 2.53. The fourth-order valence-electron chi connectivity index (χ4n) is 3.27. The van der Waals surface area contributed by atoms with Crippen LogP contribution in [-0.4, -0.2) is 25.0 Å². The van der Waals surface area contributed by atoms with Crippen molar-refractivity contribution >= 4 is 0 Å². The van der Waals surface area contributed by atoms with Crippen LogP contribution in [0.3, 0.4) is 0 Å². The molecule has 0 aromatic carbocycles. The predicted molar refractivity (Wildman–Crippen MR) is 72.7 cm³/mol. The van der Waals surface area contributed by atoms with E-state index in [1.807, 2.05) is 13.8 Å². The van der Waals surface area contributed by atoms with E-state index in [-0.39, 0.29) is 0 Å². The van der Waals surface area contributed by atoms with Crippen molar-refractivity contribution in [3.8, 4) is 0 Å². The van der Waals surface area contributed by atoms with E-state index in [1.54, 1.807) is 11.1 Å². The Hall–Kier alpha value is -0.300. The summed E-state index contributed by atoms with van der Waals surface area (Å²) in [5, 5.41) is 0. The van der Waals surface area contributed by atoms with Crippen molar-refractivity contribution in [2.75, 3.05) is 20.1 Å². The first kappa shape index (κ1) is 13.8. The monoisotopic (exact) mass is 223 g/mol. The van der Waals surface area contributed by atoms with E-state index >= 15 is 0 Å². The molecular weight excluding hydrogens is 194 g/mol. The minimum absolute atomic E-state index is 0.649. The second-order valence-electron chi connectivity index (χ2n) is 5.58. The normalized spacial score (nSPS) is 31.3. The highest BCUT2D eigenvalue weighted by atomic mass is 15.1. The third-order valence-corrected chi connectivity index (χ3v) is 4.25. The third kappa shape index (κ3) is 3.10. The van der Waals surface area contributed by atoms with Gasteiger partial charge in [0.25, 0.3) is 0 Å². The maximum atomic E-state index is 2.53. The molecule has 0 aromatic heterocycles. The summed E-state index contributed by atoms with van der Waals surface area (Å²) in [7, 11) is 2.28. The van der Waals surface area contributed by atoms with Gasteiger partial charge in [-0.25, -0.2) is 0 Å². The summed E-state index contributed by atoms with van der Waals surface area (Å²) in [4.78, 5) is 2.53. The van der Waals surface area contributed by atoms with Crippen molar-refractivity contribution in [2.45, 2.75) is 59.8 Å². The first-order valence-electron chi connectivity index (χ1n) is 6.95. The number of rotatable bonds is 0. The fraction of sp³-hybridized carbons (Fsp3) is 0.867. The molecule has 1 heteroatoms. The molecule has 1 aliphatic heterocycles. The van der Waals surface area contributed by atoms with Gasteiger partial charge in [-0.05, 0) is 65.0 Å². The molecule has 0 amide bonds. The maximum Gasteiger partial charge on any atom is 0.00381 e. The van der Waals surface area contributed by atoms with Crippen LogP contribution in [0.25, 0.3) is 0 Å². The van der Waals surface area contributed by atoms with Crippen LogP contribution in [0, 0.1) is 5.41 Å². The van der Waals surface area contributed by atoms with Gasteiger partial charge in [0.15, 0.2) is 0 Å². The minimum atomic E-state index is 0.649. The molecule has 0 radical (unpaired) electrons. The molecule has 1 heterocycles. The lowest BCUT2D eigenvalue weighted by molar-refractivity contribution is 0.0932. The zero-order valence-corrected chi connectivity index (χ0v) is 11.9. The van der Waals surface area contributed by atoms with Crippen LogP contribution in [0.1, 0.15) is 59.8 Å². The summed E-state index contributed by atoms with van der Waals surface area (Å²) in [5.41, 5.74) is 3.98. The lowest BCUT2D eigenvalue weighted by Gasteiger charge is -2.44. The Morgan fingerprint density at radius 2 is 1.75 bits per heavy atom. The van der Waals surface area contributed by atoms with Crippen LogP contribution in [0.15, 0.2) is 11.1 Å². The van der Waals surface area contributed by atoms with Crippen LogP contribution < -0.4 is 0 Å². The Bertz CT molecular complexity index is 254. The third-order valence-electron chi connectivity index (χ3n) is 4.25. The van der Waals surface area contributed by atoms with E-state index < -0.39 is 0 Å². The van der Waals surface area contributed by atoms with E-state index in [2.05, 4.69) is 25.8 Å². The SMILES string of the molecule is CC.CC1=C(C)CC2(CCCN(C)C2)CC1. The van der Waals surface area contributed by atoms with Gasteiger partial charge in [0.1, 0.15) is 0 Å². The van der Waals surface area contributed by atoms with Gasteiger partial charge in [-0.15, -0.1) is 0 Å². The van der Waals surface area contributed by atoms with Gasteiger partial charge in [0.2, 0.25) is 0 Å². The van der Waals surface area contributed by atoms with Crippen LogP contribution in [0.4, 0.5) is 0 Å². The lowest BCUT2D eigenvalue weighted by atomic mass is 9.68. The Labute approximate surface area is 102 Å². The predicted octanol–water partition coefficient (Wildman–Crippen LogP) is 4.24. The topological polar surface area (TPSA) is 3.24 Å². The van der Waals surface area contributed by atoms with Crippen molar-refractivity contribution < 1.29 is 0 Å². The number of piperidine rings is 1. The average molecular weight is 223 g/mol. The highest BCUT2D eigenvalue weighted by molar-refractivity contribution is 5.17. The number of hydrogen-bond donors (Lipinski definition) is 0. The molecule has 1 fully saturated rings. The lowest BCUT2D eigenvalue weighted by Crippen LogP contribution is -2.42. The highest BCUT2D eigenvalue weighted by Crippen LogP contribution is 2.44. The quantitative estimate of drug-likeness (QED) is 0.555. The highest BCUT2D eigenvalue weighted by Gasteiger charge is 2.36. The molecule has 1 atom stereocenters. The van der Waals surface area contributed by atoms with E-state index in [9.17, 15) is 0 Å². The number of hydrogen-bond acceptors (Lipinski definition) is 1. The molecule has 2 rings (SSSR count). The Kier molecular flexibility index (Phi) is 5.04.